The van der Waals surface area contributed by atoms with Gasteiger partial charge in [-0.25, -0.2) is 4.79 Å². The van der Waals surface area contributed by atoms with E-state index in [2.05, 4.69) is 22.4 Å². The minimum absolute atomic E-state index is 0.0654. The fourth-order valence-electron chi connectivity index (χ4n) is 4.30. The summed E-state index contributed by atoms with van der Waals surface area (Å²) >= 11 is 0. The predicted octanol–water partition coefficient (Wildman–Crippen LogP) is 4.51. The number of carbonyl (C=O) groups excluding carboxylic acids is 2. The van der Waals surface area contributed by atoms with Crippen LogP contribution >= 0.6 is 0 Å². The molecule has 1 aliphatic rings. The predicted molar refractivity (Wildman–Crippen MR) is 125 cm³/mol. The molecule has 0 aliphatic carbocycles. The minimum Gasteiger partial charge on any atom is -0.444 e. The van der Waals surface area contributed by atoms with Crippen LogP contribution in [0.5, 0.6) is 0 Å². The molecule has 1 aliphatic heterocycles. The van der Waals surface area contributed by atoms with Crippen LogP contribution in [-0.2, 0) is 11.2 Å². The second-order valence-electron chi connectivity index (χ2n) is 9.36. The van der Waals surface area contributed by atoms with E-state index in [1.807, 2.05) is 62.0 Å². The molecule has 0 spiro atoms. The SMILES string of the molecule is CC(C)(C)OC(=O)N1CCC(n2cccc2C(=O)NCCc2c[nH]c3ccccc23)CC1. The highest BCUT2D eigenvalue weighted by Crippen LogP contribution is 2.26. The average Bonchev–Trinajstić information content (AvgIpc) is 3.40. The summed E-state index contributed by atoms with van der Waals surface area (Å²) in [5, 5.41) is 4.26. The number of aromatic nitrogens is 2. The Morgan fingerprint density at radius 1 is 1.12 bits per heavy atom. The normalized spacial score (nSPS) is 15.2. The number of rotatable bonds is 5. The second-order valence-corrected chi connectivity index (χ2v) is 9.36. The number of carbonyl (C=O) groups is 2. The van der Waals surface area contributed by atoms with Crippen molar-refractivity contribution < 1.29 is 14.3 Å². The first-order valence-electron chi connectivity index (χ1n) is 11.3. The van der Waals surface area contributed by atoms with Gasteiger partial charge < -0.3 is 24.5 Å². The Hall–Kier alpha value is -3.22. The van der Waals surface area contributed by atoms with Crippen molar-refractivity contribution in [2.75, 3.05) is 19.6 Å². The van der Waals surface area contributed by atoms with Gasteiger partial charge in [0.15, 0.2) is 0 Å². The van der Waals surface area contributed by atoms with Gasteiger partial charge in [0.2, 0.25) is 0 Å². The number of nitrogens with one attached hydrogen (secondary N) is 2. The second kappa shape index (κ2) is 9.10. The molecule has 0 atom stereocenters. The summed E-state index contributed by atoms with van der Waals surface area (Å²) in [6.45, 7) is 7.45. The first kappa shape index (κ1) is 22.0. The van der Waals surface area contributed by atoms with Crippen molar-refractivity contribution in [3.05, 3.63) is 60.0 Å². The van der Waals surface area contributed by atoms with Crippen molar-refractivity contribution in [2.24, 2.45) is 0 Å². The van der Waals surface area contributed by atoms with Crippen LogP contribution in [-0.4, -0.2) is 51.7 Å². The molecular weight excluding hydrogens is 404 g/mol. The van der Waals surface area contributed by atoms with E-state index >= 15 is 0 Å². The summed E-state index contributed by atoms with van der Waals surface area (Å²) in [7, 11) is 0. The smallest absolute Gasteiger partial charge is 0.410 e. The Labute approximate surface area is 188 Å². The van der Waals surface area contributed by atoms with Crippen molar-refractivity contribution in [2.45, 2.75) is 51.7 Å². The Morgan fingerprint density at radius 2 is 1.88 bits per heavy atom. The molecule has 2 N–H and O–H groups in total. The molecular formula is C25H32N4O3. The first-order chi connectivity index (χ1) is 15.3. The van der Waals surface area contributed by atoms with Gasteiger partial charge in [-0.05, 0) is 63.8 Å². The van der Waals surface area contributed by atoms with Gasteiger partial charge in [0, 0.05) is 49.0 Å². The first-order valence-corrected chi connectivity index (χ1v) is 11.3. The molecule has 4 rings (SSSR count). The van der Waals surface area contributed by atoms with Gasteiger partial charge in [0.25, 0.3) is 5.91 Å². The standard InChI is InChI=1S/C25H32N4O3/c1-25(2,3)32-24(31)28-15-11-19(12-16-28)29-14-6-9-22(29)23(30)26-13-10-18-17-27-21-8-5-4-7-20(18)21/h4-9,14,17,19,27H,10-13,15-16H2,1-3H3,(H,26,30). The third-order valence-corrected chi connectivity index (χ3v) is 5.88. The number of para-hydroxylation sites is 1. The zero-order valence-electron chi connectivity index (χ0n) is 19.1. The third-order valence-electron chi connectivity index (χ3n) is 5.88. The molecule has 1 aromatic carbocycles. The zero-order chi connectivity index (χ0) is 22.7. The van der Waals surface area contributed by atoms with E-state index in [0.29, 0.717) is 25.3 Å². The Kier molecular flexibility index (Phi) is 6.26. The molecule has 7 heteroatoms. The fourth-order valence-corrected chi connectivity index (χ4v) is 4.30. The van der Waals surface area contributed by atoms with Gasteiger partial charge in [-0.1, -0.05) is 18.2 Å². The number of H-pyrrole nitrogens is 1. The number of likely N-dealkylation sites (tertiary alicyclic amines) is 1. The van der Waals surface area contributed by atoms with E-state index in [9.17, 15) is 9.59 Å². The van der Waals surface area contributed by atoms with Crippen LogP contribution in [0.1, 0.15) is 55.7 Å². The molecule has 0 saturated carbocycles. The lowest BCUT2D eigenvalue weighted by Gasteiger charge is -2.34. The lowest BCUT2D eigenvalue weighted by Crippen LogP contribution is -2.42. The van der Waals surface area contributed by atoms with Gasteiger partial charge in [0.05, 0.1) is 0 Å². The van der Waals surface area contributed by atoms with Crippen LogP contribution < -0.4 is 5.32 Å². The number of fused-ring (bicyclic) bond motifs is 1. The zero-order valence-corrected chi connectivity index (χ0v) is 19.1. The number of piperidine rings is 1. The number of aromatic amines is 1. The maximum Gasteiger partial charge on any atom is 0.410 e. The quantitative estimate of drug-likeness (QED) is 0.617. The van der Waals surface area contributed by atoms with Crippen LogP contribution in [0.15, 0.2) is 48.8 Å². The topological polar surface area (TPSA) is 79.4 Å². The number of nitrogens with zero attached hydrogens (tertiary/aromatic N) is 2. The molecule has 0 bridgehead atoms. The van der Waals surface area contributed by atoms with Crippen LogP contribution in [0.25, 0.3) is 10.9 Å². The van der Waals surface area contributed by atoms with Crippen molar-refractivity contribution in [1.29, 1.82) is 0 Å². The van der Waals surface area contributed by atoms with Crippen molar-refractivity contribution >= 4 is 22.9 Å². The van der Waals surface area contributed by atoms with Gasteiger partial charge in [-0.3, -0.25) is 4.79 Å². The molecule has 7 nitrogen and oxygen atoms in total. The summed E-state index contributed by atoms with van der Waals surface area (Å²) < 4.78 is 7.53. The monoisotopic (exact) mass is 436 g/mol. The average molecular weight is 437 g/mol. The van der Waals surface area contributed by atoms with Crippen molar-refractivity contribution in [3.63, 3.8) is 0 Å². The lowest BCUT2D eigenvalue weighted by atomic mass is 10.0. The van der Waals surface area contributed by atoms with E-state index in [0.717, 1.165) is 24.8 Å². The number of ether oxygens (including phenoxy) is 1. The molecule has 0 radical (unpaired) electrons. The van der Waals surface area contributed by atoms with Crippen LogP contribution in [0, 0.1) is 0 Å². The molecule has 1 saturated heterocycles. The van der Waals surface area contributed by atoms with Crippen LogP contribution in [0.3, 0.4) is 0 Å². The van der Waals surface area contributed by atoms with Crippen molar-refractivity contribution in [1.82, 2.24) is 19.8 Å². The lowest BCUT2D eigenvalue weighted by molar-refractivity contribution is 0.0187. The van der Waals surface area contributed by atoms with E-state index in [4.69, 9.17) is 4.74 Å². The van der Waals surface area contributed by atoms with Crippen LogP contribution in [0.4, 0.5) is 4.79 Å². The minimum atomic E-state index is -0.494. The summed E-state index contributed by atoms with van der Waals surface area (Å²) in [6.07, 6.45) is 6.07. The number of amides is 2. The Morgan fingerprint density at radius 3 is 2.62 bits per heavy atom. The molecule has 2 amide bonds. The number of benzene rings is 1. The molecule has 32 heavy (non-hydrogen) atoms. The van der Waals surface area contributed by atoms with Gasteiger partial charge in [-0.15, -0.1) is 0 Å². The number of hydrogen-bond donors (Lipinski definition) is 2. The van der Waals surface area contributed by atoms with Gasteiger partial charge in [-0.2, -0.15) is 0 Å². The van der Waals surface area contributed by atoms with Crippen molar-refractivity contribution in [3.8, 4) is 0 Å². The molecule has 3 heterocycles. The van der Waals surface area contributed by atoms with Gasteiger partial charge >= 0.3 is 6.09 Å². The molecule has 3 aromatic rings. The molecule has 2 aromatic heterocycles. The Balaban J connectivity index is 1.31. The van der Waals surface area contributed by atoms with E-state index in [1.54, 1.807) is 4.90 Å². The highest BCUT2D eigenvalue weighted by atomic mass is 16.6. The van der Waals surface area contributed by atoms with E-state index in [-0.39, 0.29) is 18.0 Å². The third kappa shape index (κ3) is 4.98. The fraction of sp³-hybridized carbons (Fsp3) is 0.440. The highest BCUT2D eigenvalue weighted by molar-refractivity contribution is 5.92. The summed E-state index contributed by atoms with van der Waals surface area (Å²) in [5.74, 6) is -0.0654. The van der Waals surface area contributed by atoms with E-state index < -0.39 is 5.60 Å². The summed E-state index contributed by atoms with van der Waals surface area (Å²) in [6, 6.07) is 12.2. The largest absolute Gasteiger partial charge is 0.444 e. The van der Waals surface area contributed by atoms with E-state index in [1.165, 1.54) is 10.9 Å². The van der Waals surface area contributed by atoms with Gasteiger partial charge in [0.1, 0.15) is 11.3 Å². The highest BCUT2D eigenvalue weighted by Gasteiger charge is 2.28. The maximum absolute atomic E-state index is 12.9. The summed E-state index contributed by atoms with van der Waals surface area (Å²) in [4.78, 5) is 30.2. The summed E-state index contributed by atoms with van der Waals surface area (Å²) in [5.41, 5.74) is 2.48. The maximum atomic E-state index is 12.9. The molecule has 170 valence electrons. The molecule has 1 fully saturated rings. The van der Waals surface area contributed by atoms with Crippen LogP contribution in [0.2, 0.25) is 0 Å². The molecule has 0 unspecified atom stereocenters. The number of hydrogen-bond acceptors (Lipinski definition) is 3. The Bertz CT molecular complexity index is 1080.